The van der Waals surface area contributed by atoms with E-state index in [2.05, 4.69) is 0 Å². The van der Waals surface area contributed by atoms with Crippen molar-refractivity contribution in [1.82, 2.24) is 0 Å². The maximum absolute atomic E-state index is 10.5. The third-order valence-electron chi connectivity index (χ3n) is 1.37. The summed E-state index contributed by atoms with van der Waals surface area (Å²) in [5, 5.41) is 0. The number of hydrogen-bond donors (Lipinski definition) is 2. The van der Waals surface area contributed by atoms with E-state index in [1.807, 2.05) is 38.2 Å². The fraction of sp³-hybridized carbons (Fsp3) is 0.182. The Balaban J connectivity index is 4.44. The number of nitrogens with two attached hydrogens (primary N) is 2. The van der Waals surface area contributed by atoms with E-state index in [0.29, 0.717) is 5.70 Å². The Morgan fingerprint density at radius 3 is 2.29 bits per heavy atom. The molecule has 14 heavy (non-hydrogen) atoms. The molecule has 0 aliphatic heterocycles. The van der Waals surface area contributed by atoms with Crippen LogP contribution in [0.4, 0.5) is 0 Å². The minimum Gasteiger partial charge on any atom is -0.399 e. The predicted octanol–water partition coefficient (Wildman–Crippen LogP) is 1.39. The number of primary amides is 1. The molecule has 0 rings (SSSR count). The summed E-state index contributed by atoms with van der Waals surface area (Å²) < 4.78 is 0. The molecule has 0 aromatic heterocycles. The van der Waals surface area contributed by atoms with E-state index in [9.17, 15) is 4.79 Å². The molecule has 0 unspecified atom stereocenters. The van der Waals surface area contributed by atoms with Gasteiger partial charge in [0.25, 0.3) is 0 Å². The van der Waals surface area contributed by atoms with Crippen LogP contribution in [0.15, 0.2) is 47.7 Å². The van der Waals surface area contributed by atoms with Crippen molar-refractivity contribution in [2.45, 2.75) is 13.8 Å². The molecule has 0 spiro atoms. The molecule has 0 heterocycles. The van der Waals surface area contributed by atoms with E-state index in [4.69, 9.17) is 11.5 Å². The Bertz CT molecular complexity index is 309. The molecule has 4 N–H and O–H groups in total. The predicted molar refractivity (Wildman–Crippen MR) is 59.2 cm³/mol. The highest BCUT2D eigenvalue weighted by molar-refractivity contribution is 5.86. The van der Waals surface area contributed by atoms with E-state index in [1.54, 1.807) is 6.08 Å². The maximum atomic E-state index is 10.5. The van der Waals surface area contributed by atoms with Crippen LogP contribution in [0.2, 0.25) is 0 Å². The summed E-state index contributed by atoms with van der Waals surface area (Å²) in [6.45, 7) is 3.83. The van der Waals surface area contributed by atoms with Gasteiger partial charge in [0.05, 0.1) is 0 Å². The molecule has 0 saturated carbocycles. The molecule has 0 atom stereocenters. The largest absolute Gasteiger partial charge is 0.399 e. The van der Waals surface area contributed by atoms with Crippen LogP contribution >= 0.6 is 0 Å². The van der Waals surface area contributed by atoms with Crippen LogP contribution in [-0.2, 0) is 4.79 Å². The van der Waals surface area contributed by atoms with Gasteiger partial charge >= 0.3 is 0 Å². The van der Waals surface area contributed by atoms with E-state index >= 15 is 0 Å². The summed E-state index contributed by atoms with van der Waals surface area (Å²) in [7, 11) is 0. The summed E-state index contributed by atoms with van der Waals surface area (Å²) in [5.74, 6) is -0.538. The van der Waals surface area contributed by atoms with E-state index in [0.717, 1.165) is 5.57 Å². The Labute approximate surface area is 84.5 Å². The zero-order valence-corrected chi connectivity index (χ0v) is 8.53. The Morgan fingerprint density at radius 1 is 1.14 bits per heavy atom. The molecular weight excluding hydrogens is 176 g/mol. The van der Waals surface area contributed by atoms with Crippen molar-refractivity contribution in [2.75, 3.05) is 0 Å². The molecule has 0 radical (unpaired) electrons. The fourth-order valence-electron chi connectivity index (χ4n) is 0.835. The van der Waals surface area contributed by atoms with Gasteiger partial charge in [-0.25, -0.2) is 0 Å². The molecule has 0 aliphatic rings. The lowest BCUT2D eigenvalue weighted by Crippen LogP contribution is -2.09. The van der Waals surface area contributed by atoms with Crippen molar-refractivity contribution < 1.29 is 4.79 Å². The van der Waals surface area contributed by atoms with Crippen LogP contribution in [0.25, 0.3) is 0 Å². The minimum atomic E-state index is -0.538. The van der Waals surface area contributed by atoms with Crippen molar-refractivity contribution in [3.8, 4) is 0 Å². The van der Waals surface area contributed by atoms with Crippen molar-refractivity contribution in [3.05, 3.63) is 47.7 Å². The maximum Gasteiger partial charge on any atom is 0.243 e. The molecule has 0 fully saturated rings. The molecule has 0 aromatic rings. The highest BCUT2D eigenvalue weighted by atomic mass is 16.1. The van der Waals surface area contributed by atoms with Gasteiger partial charge in [-0.3, -0.25) is 4.79 Å². The number of carbonyl (C=O) groups excluding carboxylic acids is 1. The average molecular weight is 192 g/mol. The second kappa shape index (κ2) is 6.71. The number of rotatable bonds is 4. The van der Waals surface area contributed by atoms with Crippen LogP contribution in [-0.4, -0.2) is 5.91 Å². The summed E-state index contributed by atoms with van der Waals surface area (Å²) >= 11 is 0. The molecule has 3 nitrogen and oxygen atoms in total. The van der Waals surface area contributed by atoms with E-state index in [1.165, 1.54) is 6.08 Å². The molecular formula is C11H16N2O. The monoisotopic (exact) mass is 192 g/mol. The van der Waals surface area contributed by atoms with E-state index in [-0.39, 0.29) is 0 Å². The zero-order valence-electron chi connectivity index (χ0n) is 8.53. The lowest BCUT2D eigenvalue weighted by atomic mass is 10.2. The van der Waals surface area contributed by atoms with Gasteiger partial charge in [-0.15, -0.1) is 0 Å². The van der Waals surface area contributed by atoms with Crippen molar-refractivity contribution in [3.63, 3.8) is 0 Å². The normalized spacial score (nSPS) is 14.1. The van der Waals surface area contributed by atoms with Crippen LogP contribution in [0.5, 0.6) is 0 Å². The van der Waals surface area contributed by atoms with Gasteiger partial charge in [0.1, 0.15) is 0 Å². The van der Waals surface area contributed by atoms with Crippen LogP contribution in [0.3, 0.4) is 0 Å². The third-order valence-corrected chi connectivity index (χ3v) is 1.37. The molecule has 76 valence electrons. The van der Waals surface area contributed by atoms with Crippen molar-refractivity contribution in [1.29, 1.82) is 0 Å². The standard InChI is InChI=1S/C11H16N2O/c1-3-4-5-6-9(2)7-10(12)8-11(13)14/h3-8H,12H2,1-2H3,(H2,13,14)/b4-3+,6-5-,9-7+,10-8-. The fourth-order valence-corrected chi connectivity index (χ4v) is 0.835. The van der Waals surface area contributed by atoms with Gasteiger partial charge in [-0.1, -0.05) is 24.3 Å². The molecule has 0 aromatic carbocycles. The van der Waals surface area contributed by atoms with Gasteiger partial charge < -0.3 is 11.5 Å². The number of carbonyl (C=O) groups is 1. The smallest absolute Gasteiger partial charge is 0.243 e. The summed E-state index contributed by atoms with van der Waals surface area (Å²) in [6, 6.07) is 0. The lowest BCUT2D eigenvalue weighted by Gasteiger charge is -1.93. The molecule has 0 saturated heterocycles. The topological polar surface area (TPSA) is 69.1 Å². The highest BCUT2D eigenvalue weighted by Crippen LogP contribution is 1.99. The Hall–Kier alpha value is -1.77. The number of allylic oxidation sites excluding steroid dienone is 6. The van der Waals surface area contributed by atoms with Gasteiger partial charge in [0.2, 0.25) is 5.91 Å². The van der Waals surface area contributed by atoms with Gasteiger partial charge in [0, 0.05) is 11.8 Å². The molecule has 0 bridgehead atoms. The van der Waals surface area contributed by atoms with Gasteiger partial charge in [-0.2, -0.15) is 0 Å². The summed E-state index contributed by atoms with van der Waals surface area (Å²) in [6.07, 6.45) is 10.5. The molecule has 3 heteroatoms. The quantitative estimate of drug-likeness (QED) is 0.522. The zero-order chi connectivity index (χ0) is 11.0. The first-order chi connectivity index (χ1) is 6.56. The number of amides is 1. The molecule has 0 aliphatic carbocycles. The van der Waals surface area contributed by atoms with Crippen LogP contribution in [0.1, 0.15) is 13.8 Å². The van der Waals surface area contributed by atoms with Gasteiger partial charge in [-0.05, 0) is 25.5 Å². The summed E-state index contributed by atoms with van der Waals surface area (Å²) in [4.78, 5) is 10.5. The average Bonchev–Trinajstić information content (AvgIpc) is 2.02. The third kappa shape index (κ3) is 6.91. The highest BCUT2D eigenvalue weighted by Gasteiger charge is 1.89. The van der Waals surface area contributed by atoms with E-state index < -0.39 is 5.91 Å². The van der Waals surface area contributed by atoms with Crippen LogP contribution in [0, 0.1) is 0 Å². The van der Waals surface area contributed by atoms with Crippen molar-refractivity contribution >= 4 is 5.91 Å². The second-order valence-electron chi connectivity index (χ2n) is 2.82. The summed E-state index contributed by atoms with van der Waals surface area (Å²) in [5.41, 5.74) is 11.8. The first-order valence-electron chi connectivity index (χ1n) is 4.30. The Kier molecular flexibility index (Phi) is 5.87. The minimum absolute atomic E-state index is 0.361. The van der Waals surface area contributed by atoms with Gasteiger partial charge in [0.15, 0.2) is 0 Å². The van der Waals surface area contributed by atoms with Crippen molar-refractivity contribution in [2.24, 2.45) is 11.5 Å². The SMILES string of the molecule is C/C=C/C=C\C(C)=C\C(N)=C\C(N)=O. The first kappa shape index (κ1) is 12.2. The first-order valence-corrected chi connectivity index (χ1v) is 4.30. The second-order valence-corrected chi connectivity index (χ2v) is 2.82. The Morgan fingerprint density at radius 2 is 1.79 bits per heavy atom. The lowest BCUT2D eigenvalue weighted by molar-refractivity contribution is -0.113. The van der Waals surface area contributed by atoms with Crippen LogP contribution < -0.4 is 11.5 Å². The number of hydrogen-bond acceptors (Lipinski definition) is 2. The molecule has 1 amide bonds.